The van der Waals surface area contributed by atoms with Crippen molar-refractivity contribution in [2.24, 2.45) is 11.7 Å². The average molecular weight is 529 g/mol. The number of hydrogen-bond acceptors (Lipinski definition) is 8. The highest BCUT2D eigenvalue weighted by atomic mass is 19.3. The van der Waals surface area contributed by atoms with Crippen molar-refractivity contribution in [3.05, 3.63) is 35.9 Å². The fourth-order valence-corrected chi connectivity index (χ4v) is 5.34. The number of para-hydroxylation sites is 2. The molecule has 1 saturated heterocycles. The van der Waals surface area contributed by atoms with E-state index in [2.05, 4.69) is 20.3 Å². The number of nitrogens with zero attached hydrogens (tertiary/aromatic N) is 6. The largest absolute Gasteiger partial charge is 0.378 e. The monoisotopic (exact) mass is 528 g/mol. The molecule has 0 radical (unpaired) electrons. The van der Waals surface area contributed by atoms with Gasteiger partial charge in [-0.3, -0.25) is 9.36 Å². The Kier molecular flexibility index (Phi) is 8.38. The molecule has 0 unspecified atom stereocenters. The van der Waals surface area contributed by atoms with E-state index in [1.807, 2.05) is 4.90 Å². The number of imidazole rings is 1. The average Bonchev–Trinajstić information content (AvgIpc) is 3.34. The first-order valence-electron chi connectivity index (χ1n) is 13.3. The number of nitrogens with one attached hydrogen (secondary N) is 1. The molecule has 1 saturated carbocycles. The fraction of sp³-hybridized carbons (Fsp3) is 0.577. The highest BCUT2D eigenvalue weighted by Gasteiger charge is 2.25. The minimum Gasteiger partial charge on any atom is -0.378 e. The van der Waals surface area contributed by atoms with Crippen molar-refractivity contribution >= 4 is 22.9 Å². The van der Waals surface area contributed by atoms with Crippen LogP contribution in [0.2, 0.25) is 0 Å². The first-order valence-corrected chi connectivity index (χ1v) is 13.3. The minimum absolute atomic E-state index is 0.0218. The van der Waals surface area contributed by atoms with Gasteiger partial charge < -0.3 is 20.7 Å². The molecule has 1 amide bonds. The molecule has 5 rings (SSSR count). The van der Waals surface area contributed by atoms with Crippen LogP contribution in [0, 0.1) is 5.92 Å². The van der Waals surface area contributed by atoms with E-state index in [-0.39, 0.29) is 30.3 Å². The van der Waals surface area contributed by atoms with Crippen LogP contribution in [0.4, 0.5) is 14.7 Å². The van der Waals surface area contributed by atoms with Gasteiger partial charge in [0.25, 0.3) is 6.43 Å². The number of rotatable bonds is 9. The van der Waals surface area contributed by atoms with Crippen LogP contribution in [0.25, 0.3) is 17.0 Å². The Hall–Kier alpha value is -3.25. The predicted octanol–water partition coefficient (Wildman–Crippen LogP) is 2.94. The number of morpholine rings is 1. The van der Waals surface area contributed by atoms with E-state index in [0.29, 0.717) is 61.4 Å². The number of hydrogen-bond donors (Lipinski definition) is 2. The summed E-state index contributed by atoms with van der Waals surface area (Å²) in [4.78, 5) is 31.7. The van der Waals surface area contributed by atoms with Crippen molar-refractivity contribution in [2.45, 2.75) is 57.4 Å². The number of ether oxygens (including phenoxy) is 1. The Morgan fingerprint density at radius 1 is 1.05 bits per heavy atom. The Labute approximate surface area is 220 Å². The second-order valence-electron chi connectivity index (χ2n) is 9.93. The van der Waals surface area contributed by atoms with Crippen molar-refractivity contribution in [1.29, 1.82) is 0 Å². The first-order chi connectivity index (χ1) is 18.5. The number of aryl methyl sites for hydroxylation is 1. The molecule has 0 spiro atoms. The standard InChI is InChI=1S/C26H34F2N8O2/c27-23(28)24-31-19-5-1-2-6-20(19)36(24)26-33-21(32-25(34-26)35-12-14-38-15-13-35)7-3-4-17-8-10-18(11-9-17)30-22(37)16-29/h1-2,5-6,17-18,23H,3-4,7-16,29H2,(H,30,37). The SMILES string of the molecule is NCC(=O)NC1CCC(CCCc2nc(N3CCOCC3)nc(-n3c(C(F)F)nc4ccccc43)n2)CC1. The van der Waals surface area contributed by atoms with Crippen LogP contribution in [0.3, 0.4) is 0 Å². The number of aromatic nitrogens is 5. The van der Waals surface area contributed by atoms with Crippen LogP contribution >= 0.6 is 0 Å². The highest BCUT2D eigenvalue weighted by Crippen LogP contribution is 2.29. The normalized spacial score (nSPS) is 20.3. The van der Waals surface area contributed by atoms with Crippen molar-refractivity contribution in [2.75, 3.05) is 37.7 Å². The maximum absolute atomic E-state index is 14.0. The summed E-state index contributed by atoms with van der Waals surface area (Å²) in [5.74, 6) is 1.31. The van der Waals surface area contributed by atoms with Gasteiger partial charge in [-0.1, -0.05) is 18.6 Å². The van der Waals surface area contributed by atoms with Gasteiger partial charge in [0.15, 0.2) is 5.82 Å². The summed E-state index contributed by atoms with van der Waals surface area (Å²) in [5, 5.41) is 2.99. The van der Waals surface area contributed by atoms with Crippen LogP contribution < -0.4 is 16.0 Å². The molecule has 3 aromatic rings. The number of benzene rings is 1. The van der Waals surface area contributed by atoms with Crippen LogP contribution in [0.15, 0.2) is 24.3 Å². The number of amides is 1. The topological polar surface area (TPSA) is 124 Å². The van der Waals surface area contributed by atoms with Crippen LogP contribution in [-0.4, -0.2) is 69.3 Å². The van der Waals surface area contributed by atoms with Crippen LogP contribution in [0.5, 0.6) is 0 Å². The summed E-state index contributed by atoms with van der Waals surface area (Å²) in [5.41, 5.74) is 6.41. The third-order valence-electron chi connectivity index (χ3n) is 7.34. The summed E-state index contributed by atoms with van der Waals surface area (Å²) in [6.07, 6.45) is 3.75. The molecular weight excluding hydrogens is 494 g/mol. The number of carbonyl (C=O) groups is 1. The Balaban J connectivity index is 1.34. The summed E-state index contributed by atoms with van der Waals surface area (Å²) in [6, 6.07) is 7.22. The maximum atomic E-state index is 14.0. The molecule has 1 aliphatic heterocycles. The molecule has 38 heavy (non-hydrogen) atoms. The Bertz CT molecular complexity index is 1240. The molecule has 2 fully saturated rings. The van der Waals surface area contributed by atoms with Crippen LogP contribution in [-0.2, 0) is 16.0 Å². The summed E-state index contributed by atoms with van der Waals surface area (Å²) in [6.45, 7) is 2.38. The lowest BCUT2D eigenvalue weighted by Crippen LogP contribution is -2.40. The molecule has 0 bridgehead atoms. The van der Waals surface area contributed by atoms with Gasteiger partial charge in [-0.15, -0.1) is 0 Å². The summed E-state index contributed by atoms with van der Waals surface area (Å²) >= 11 is 0. The number of alkyl halides is 2. The van der Waals surface area contributed by atoms with Gasteiger partial charge in [-0.05, 0) is 50.2 Å². The van der Waals surface area contributed by atoms with E-state index in [4.69, 9.17) is 15.5 Å². The zero-order valence-electron chi connectivity index (χ0n) is 21.4. The zero-order chi connectivity index (χ0) is 26.5. The predicted molar refractivity (Wildman–Crippen MR) is 138 cm³/mol. The molecule has 12 heteroatoms. The van der Waals surface area contributed by atoms with Crippen molar-refractivity contribution < 1.29 is 18.3 Å². The van der Waals surface area contributed by atoms with Gasteiger partial charge in [0.1, 0.15) is 5.82 Å². The third-order valence-corrected chi connectivity index (χ3v) is 7.34. The van der Waals surface area contributed by atoms with E-state index >= 15 is 0 Å². The molecule has 204 valence electrons. The maximum Gasteiger partial charge on any atom is 0.296 e. The van der Waals surface area contributed by atoms with Gasteiger partial charge in [0.2, 0.25) is 17.8 Å². The number of halogens is 2. The minimum atomic E-state index is -2.78. The molecule has 0 atom stereocenters. The molecule has 1 aromatic carbocycles. The fourth-order valence-electron chi connectivity index (χ4n) is 5.34. The van der Waals surface area contributed by atoms with Crippen LogP contribution in [0.1, 0.15) is 56.6 Å². The lowest BCUT2D eigenvalue weighted by Gasteiger charge is -2.29. The quantitative estimate of drug-likeness (QED) is 0.435. The number of carbonyl (C=O) groups excluding carboxylic acids is 1. The smallest absolute Gasteiger partial charge is 0.296 e. The summed E-state index contributed by atoms with van der Waals surface area (Å²) in [7, 11) is 0. The van der Waals surface area contributed by atoms with E-state index < -0.39 is 6.43 Å². The second-order valence-corrected chi connectivity index (χ2v) is 9.93. The van der Waals surface area contributed by atoms with Crippen molar-refractivity contribution in [3.63, 3.8) is 0 Å². The lowest BCUT2D eigenvalue weighted by atomic mass is 9.83. The second kappa shape index (κ2) is 12.1. The molecule has 3 N–H and O–H groups in total. The number of fused-ring (bicyclic) bond motifs is 1. The van der Waals surface area contributed by atoms with Gasteiger partial charge in [0.05, 0.1) is 30.8 Å². The van der Waals surface area contributed by atoms with E-state index in [1.165, 1.54) is 4.57 Å². The Morgan fingerprint density at radius 2 is 1.79 bits per heavy atom. The highest BCUT2D eigenvalue weighted by molar-refractivity contribution is 5.78. The molecule has 2 aromatic heterocycles. The summed E-state index contributed by atoms with van der Waals surface area (Å²) < 4.78 is 34.9. The van der Waals surface area contributed by atoms with Crippen molar-refractivity contribution in [3.8, 4) is 5.95 Å². The number of anilines is 1. The first kappa shape index (κ1) is 26.4. The lowest BCUT2D eigenvalue weighted by molar-refractivity contribution is -0.120. The Morgan fingerprint density at radius 3 is 2.53 bits per heavy atom. The third kappa shape index (κ3) is 6.07. The molecular formula is C26H34F2N8O2. The molecule has 3 heterocycles. The molecule has 1 aliphatic carbocycles. The van der Waals surface area contributed by atoms with Gasteiger partial charge >= 0.3 is 0 Å². The van der Waals surface area contributed by atoms with E-state index in [9.17, 15) is 13.6 Å². The zero-order valence-corrected chi connectivity index (χ0v) is 21.4. The number of nitrogens with two attached hydrogens (primary N) is 1. The molecule has 10 nitrogen and oxygen atoms in total. The van der Waals surface area contributed by atoms with Gasteiger partial charge in [0, 0.05) is 25.6 Å². The van der Waals surface area contributed by atoms with Gasteiger partial charge in [-0.2, -0.15) is 15.0 Å². The molecule has 2 aliphatic rings. The van der Waals surface area contributed by atoms with E-state index in [1.54, 1.807) is 24.3 Å². The van der Waals surface area contributed by atoms with Crippen molar-refractivity contribution in [1.82, 2.24) is 29.8 Å². The van der Waals surface area contributed by atoms with Gasteiger partial charge in [-0.25, -0.2) is 13.8 Å². The van der Waals surface area contributed by atoms with E-state index in [0.717, 1.165) is 38.5 Å².